The summed E-state index contributed by atoms with van der Waals surface area (Å²) < 4.78 is 0.594. The van der Waals surface area contributed by atoms with Gasteiger partial charge in [-0.3, -0.25) is 9.59 Å². The molecule has 1 amide bonds. The Morgan fingerprint density at radius 2 is 2.16 bits per heavy atom. The third-order valence-electron chi connectivity index (χ3n) is 1.80. The van der Waals surface area contributed by atoms with Crippen molar-refractivity contribution in [3.05, 3.63) is 0 Å². The summed E-state index contributed by atoms with van der Waals surface area (Å²) in [6, 6.07) is 0.132. The molecule has 0 unspecified atom stereocenters. The zero-order valence-electron chi connectivity index (χ0n) is 10.7. The van der Waals surface area contributed by atoms with E-state index >= 15 is 0 Å². The van der Waals surface area contributed by atoms with E-state index in [0.717, 1.165) is 11.8 Å². The Hall–Kier alpha value is -1.35. The number of anilines is 1. The summed E-state index contributed by atoms with van der Waals surface area (Å²) >= 11 is 2.40. The molecule has 9 heteroatoms. The molecule has 0 aliphatic carbocycles. The number of carbonyl (C=O) groups is 2. The second-order valence-electron chi connectivity index (χ2n) is 3.95. The highest BCUT2D eigenvalue weighted by atomic mass is 32.2. The van der Waals surface area contributed by atoms with Crippen LogP contribution in [0.5, 0.6) is 0 Å². The minimum absolute atomic E-state index is 0.0208. The largest absolute Gasteiger partial charge is 0.481 e. The van der Waals surface area contributed by atoms with E-state index in [2.05, 4.69) is 20.8 Å². The summed E-state index contributed by atoms with van der Waals surface area (Å²) in [5, 5.41) is 22.6. The van der Waals surface area contributed by atoms with Gasteiger partial charge in [-0.25, -0.2) is 0 Å². The number of rotatable bonds is 8. The van der Waals surface area contributed by atoms with Gasteiger partial charge in [0.05, 0.1) is 5.75 Å². The van der Waals surface area contributed by atoms with Crippen molar-refractivity contribution in [3.63, 3.8) is 0 Å². The summed E-state index contributed by atoms with van der Waals surface area (Å²) in [5.41, 5.74) is 0. The minimum atomic E-state index is -0.889. The predicted octanol–water partition coefficient (Wildman–Crippen LogP) is 1.04. The van der Waals surface area contributed by atoms with Gasteiger partial charge in [0.1, 0.15) is 0 Å². The molecular weight excluding hydrogens is 288 g/mol. The Kier molecular flexibility index (Phi) is 6.57. The maximum atomic E-state index is 11.4. The number of carbonyl (C=O) groups excluding carboxylic acids is 1. The summed E-state index contributed by atoms with van der Waals surface area (Å²) in [6.07, 6.45) is 0.357. The quantitative estimate of drug-likeness (QED) is 0.616. The number of thioether (sulfide) groups is 1. The fourth-order valence-corrected chi connectivity index (χ4v) is 2.64. The molecule has 0 atom stereocenters. The van der Waals surface area contributed by atoms with Crippen molar-refractivity contribution in [3.8, 4) is 0 Å². The van der Waals surface area contributed by atoms with Crippen molar-refractivity contribution in [2.75, 3.05) is 17.6 Å². The van der Waals surface area contributed by atoms with Crippen molar-refractivity contribution in [1.29, 1.82) is 0 Å². The van der Waals surface area contributed by atoms with E-state index in [-0.39, 0.29) is 17.7 Å². The van der Waals surface area contributed by atoms with Gasteiger partial charge in [-0.05, 0) is 13.8 Å². The van der Waals surface area contributed by atoms with E-state index in [1.165, 1.54) is 11.3 Å². The number of amides is 1. The summed E-state index contributed by atoms with van der Waals surface area (Å²) in [6.45, 7) is 4.28. The second-order valence-corrected chi connectivity index (χ2v) is 6.15. The second kappa shape index (κ2) is 7.95. The normalized spacial score (nSPS) is 10.5. The maximum Gasteiger partial charge on any atom is 0.313 e. The SMILES string of the molecule is CC(C)NC(=O)CCNc1nnc(SCC(=O)O)s1. The van der Waals surface area contributed by atoms with Crippen LogP contribution in [0.4, 0.5) is 5.13 Å². The summed E-state index contributed by atoms with van der Waals surface area (Å²) in [5.74, 6) is -0.946. The minimum Gasteiger partial charge on any atom is -0.481 e. The van der Waals surface area contributed by atoms with Crippen LogP contribution in [0, 0.1) is 0 Å². The molecule has 19 heavy (non-hydrogen) atoms. The number of hydrogen-bond donors (Lipinski definition) is 3. The molecule has 1 rings (SSSR count). The summed E-state index contributed by atoms with van der Waals surface area (Å²) in [4.78, 5) is 21.8. The number of hydrogen-bond acceptors (Lipinski definition) is 7. The predicted molar refractivity (Wildman–Crippen MR) is 74.7 cm³/mol. The smallest absolute Gasteiger partial charge is 0.313 e. The van der Waals surface area contributed by atoms with Crippen LogP contribution in [0.1, 0.15) is 20.3 Å². The van der Waals surface area contributed by atoms with Crippen LogP contribution in [0.15, 0.2) is 4.34 Å². The number of nitrogens with one attached hydrogen (secondary N) is 2. The van der Waals surface area contributed by atoms with Crippen LogP contribution < -0.4 is 10.6 Å². The maximum absolute atomic E-state index is 11.4. The third kappa shape index (κ3) is 6.97. The molecule has 0 radical (unpaired) electrons. The number of carboxylic acid groups (broad SMARTS) is 1. The molecular formula is C10H16N4O3S2. The lowest BCUT2D eigenvalue weighted by Crippen LogP contribution is -2.31. The van der Waals surface area contributed by atoms with Gasteiger partial charge in [0.2, 0.25) is 11.0 Å². The topological polar surface area (TPSA) is 104 Å². The monoisotopic (exact) mass is 304 g/mol. The van der Waals surface area contributed by atoms with Crippen molar-refractivity contribution in [2.24, 2.45) is 0 Å². The Bertz CT molecular complexity index is 436. The first-order valence-electron chi connectivity index (χ1n) is 5.68. The Morgan fingerprint density at radius 1 is 1.42 bits per heavy atom. The fraction of sp³-hybridized carbons (Fsp3) is 0.600. The van der Waals surface area contributed by atoms with Crippen LogP contribution in [0.25, 0.3) is 0 Å². The van der Waals surface area contributed by atoms with Crippen LogP contribution in [-0.4, -0.2) is 45.5 Å². The molecule has 0 spiro atoms. The van der Waals surface area contributed by atoms with Crippen LogP contribution in [0.2, 0.25) is 0 Å². The molecule has 0 saturated heterocycles. The van der Waals surface area contributed by atoms with Gasteiger partial charge in [-0.15, -0.1) is 10.2 Å². The molecule has 0 bridgehead atoms. The number of aliphatic carboxylic acids is 1. The lowest BCUT2D eigenvalue weighted by Gasteiger charge is -2.07. The summed E-state index contributed by atoms with van der Waals surface area (Å²) in [7, 11) is 0. The molecule has 0 saturated carbocycles. The molecule has 7 nitrogen and oxygen atoms in total. The van der Waals surface area contributed by atoms with Crippen LogP contribution >= 0.6 is 23.1 Å². The molecule has 1 aromatic rings. The Labute approximate surface area is 119 Å². The average molecular weight is 304 g/mol. The van der Waals surface area contributed by atoms with E-state index in [0.29, 0.717) is 22.4 Å². The first-order valence-corrected chi connectivity index (χ1v) is 7.49. The van der Waals surface area contributed by atoms with Crippen molar-refractivity contribution in [1.82, 2.24) is 15.5 Å². The lowest BCUT2D eigenvalue weighted by molar-refractivity contribution is -0.134. The van der Waals surface area contributed by atoms with Crippen LogP contribution in [0.3, 0.4) is 0 Å². The van der Waals surface area contributed by atoms with Crippen LogP contribution in [-0.2, 0) is 9.59 Å². The molecule has 0 aliphatic rings. The average Bonchev–Trinajstić information content (AvgIpc) is 2.73. The highest BCUT2D eigenvalue weighted by molar-refractivity contribution is 8.01. The van der Waals surface area contributed by atoms with E-state index in [9.17, 15) is 9.59 Å². The number of aromatic nitrogens is 2. The van der Waals surface area contributed by atoms with E-state index in [1.54, 1.807) is 0 Å². The Balaban J connectivity index is 2.26. The van der Waals surface area contributed by atoms with Gasteiger partial charge in [-0.1, -0.05) is 23.1 Å². The molecule has 0 aromatic carbocycles. The van der Waals surface area contributed by atoms with Gasteiger partial charge in [-0.2, -0.15) is 0 Å². The van der Waals surface area contributed by atoms with E-state index in [4.69, 9.17) is 5.11 Å². The fourth-order valence-electron chi connectivity index (χ4n) is 1.14. The standard InChI is InChI=1S/C10H16N4O3S2/c1-6(2)12-7(15)3-4-11-9-13-14-10(19-9)18-5-8(16)17/h6H,3-5H2,1-2H3,(H,11,13)(H,12,15)(H,16,17). The highest BCUT2D eigenvalue weighted by Crippen LogP contribution is 2.24. The van der Waals surface area contributed by atoms with Gasteiger partial charge >= 0.3 is 5.97 Å². The van der Waals surface area contributed by atoms with Gasteiger partial charge in [0.25, 0.3) is 0 Å². The molecule has 0 fully saturated rings. The van der Waals surface area contributed by atoms with E-state index in [1.807, 2.05) is 13.8 Å². The van der Waals surface area contributed by atoms with Crippen molar-refractivity contribution >= 4 is 40.1 Å². The zero-order valence-corrected chi connectivity index (χ0v) is 12.3. The third-order valence-corrected chi connectivity index (χ3v) is 3.80. The van der Waals surface area contributed by atoms with E-state index < -0.39 is 5.97 Å². The molecule has 1 heterocycles. The Morgan fingerprint density at radius 3 is 2.79 bits per heavy atom. The van der Waals surface area contributed by atoms with Gasteiger partial charge < -0.3 is 15.7 Å². The molecule has 3 N–H and O–H groups in total. The zero-order chi connectivity index (χ0) is 14.3. The molecule has 1 aromatic heterocycles. The number of carboxylic acids is 1. The first-order chi connectivity index (χ1) is 8.97. The number of nitrogens with zero attached hydrogens (tertiary/aromatic N) is 2. The molecule has 106 valence electrons. The van der Waals surface area contributed by atoms with Crippen molar-refractivity contribution in [2.45, 2.75) is 30.6 Å². The molecule has 0 aliphatic heterocycles. The lowest BCUT2D eigenvalue weighted by atomic mass is 10.3. The highest BCUT2D eigenvalue weighted by Gasteiger charge is 2.08. The van der Waals surface area contributed by atoms with Gasteiger partial charge in [0.15, 0.2) is 4.34 Å². The first kappa shape index (κ1) is 15.7. The van der Waals surface area contributed by atoms with Gasteiger partial charge in [0, 0.05) is 19.0 Å². The van der Waals surface area contributed by atoms with Crippen molar-refractivity contribution < 1.29 is 14.7 Å².